The van der Waals surface area contributed by atoms with Crippen LogP contribution in [0.25, 0.3) is 0 Å². The lowest BCUT2D eigenvalue weighted by molar-refractivity contribution is 0.0514. The largest absolute Gasteiger partial charge is 0.388 e. The fourth-order valence-electron chi connectivity index (χ4n) is 2.05. The molecule has 1 heterocycles. The van der Waals surface area contributed by atoms with Gasteiger partial charge in [-0.25, -0.2) is 15.8 Å². The monoisotopic (exact) mass is 267 g/mol. The molecule has 0 aliphatic carbocycles. The van der Waals surface area contributed by atoms with Gasteiger partial charge in [0.05, 0.1) is 5.60 Å². The Hall–Kier alpha value is -1.40. The van der Waals surface area contributed by atoms with Crippen LogP contribution in [0.4, 0.5) is 11.6 Å². The molecule has 0 saturated carbocycles. The van der Waals surface area contributed by atoms with E-state index in [1.165, 1.54) is 0 Å². The molecular formula is C13H25N5O. The van der Waals surface area contributed by atoms with Gasteiger partial charge in [-0.1, -0.05) is 20.8 Å². The van der Waals surface area contributed by atoms with Gasteiger partial charge in [-0.05, 0) is 19.3 Å². The molecule has 0 aliphatic rings. The summed E-state index contributed by atoms with van der Waals surface area (Å²) in [5.41, 5.74) is 1.76. The number of aryl methyl sites for hydroxylation is 1. The normalized spacial score (nSPS) is 14.3. The number of rotatable bonds is 7. The van der Waals surface area contributed by atoms with Crippen molar-refractivity contribution in [3.8, 4) is 0 Å². The van der Waals surface area contributed by atoms with Crippen molar-refractivity contribution in [2.45, 2.75) is 46.1 Å². The van der Waals surface area contributed by atoms with Gasteiger partial charge in [0, 0.05) is 19.0 Å². The van der Waals surface area contributed by atoms with E-state index < -0.39 is 5.60 Å². The van der Waals surface area contributed by atoms with Gasteiger partial charge < -0.3 is 15.8 Å². The Bertz CT molecular complexity index is 384. The van der Waals surface area contributed by atoms with Crippen LogP contribution < -0.4 is 16.6 Å². The lowest BCUT2D eigenvalue weighted by Crippen LogP contribution is -2.35. The zero-order chi connectivity index (χ0) is 14.5. The number of hydrogen-bond donors (Lipinski definition) is 4. The van der Waals surface area contributed by atoms with E-state index in [0.29, 0.717) is 29.9 Å². The van der Waals surface area contributed by atoms with Crippen molar-refractivity contribution in [3.05, 3.63) is 11.9 Å². The van der Waals surface area contributed by atoms with Crippen LogP contribution in [0.5, 0.6) is 0 Å². The minimum Gasteiger partial charge on any atom is -0.388 e. The molecule has 0 radical (unpaired) electrons. The third kappa shape index (κ3) is 5.40. The fraction of sp³-hybridized carbons (Fsp3) is 0.692. The van der Waals surface area contributed by atoms with Crippen LogP contribution in [0.3, 0.4) is 0 Å². The molecule has 0 fully saturated rings. The molecule has 0 spiro atoms. The van der Waals surface area contributed by atoms with Gasteiger partial charge in [-0.15, -0.1) is 0 Å². The smallest absolute Gasteiger partial charge is 0.145 e. The van der Waals surface area contributed by atoms with E-state index in [1.54, 1.807) is 6.07 Å². The zero-order valence-corrected chi connectivity index (χ0v) is 12.2. The maximum absolute atomic E-state index is 10.3. The number of aliphatic hydroxyl groups is 1. The summed E-state index contributed by atoms with van der Waals surface area (Å²) in [7, 11) is 0. The van der Waals surface area contributed by atoms with Crippen LogP contribution in [0, 0.1) is 5.92 Å². The van der Waals surface area contributed by atoms with Crippen molar-refractivity contribution in [2.75, 3.05) is 17.3 Å². The van der Waals surface area contributed by atoms with Crippen LogP contribution >= 0.6 is 0 Å². The molecule has 0 bridgehead atoms. The predicted octanol–water partition coefficient (Wildman–Crippen LogP) is 1.53. The van der Waals surface area contributed by atoms with Crippen LogP contribution in [-0.4, -0.2) is 27.2 Å². The zero-order valence-electron chi connectivity index (χ0n) is 12.2. The summed E-state index contributed by atoms with van der Waals surface area (Å²) in [5, 5.41) is 13.4. The molecule has 1 aromatic heterocycles. The highest BCUT2D eigenvalue weighted by molar-refractivity contribution is 5.47. The summed E-state index contributed by atoms with van der Waals surface area (Å²) >= 11 is 0. The van der Waals surface area contributed by atoms with Gasteiger partial charge in [-0.2, -0.15) is 0 Å². The first-order valence-electron chi connectivity index (χ1n) is 6.67. The molecule has 1 atom stereocenters. The number of hydrazine groups is 1. The molecule has 1 rings (SSSR count). The van der Waals surface area contributed by atoms with Crippen molar-refractivity contribution in [3.63, 3.8) is 0 Å². The molecular weight excluding hydrogens is 242 g/mol. The van der Waals surface area contributed by atoms with Gasteiger partial charge in [0.25, 0.3) is 0 Å². The molecule has 19 heavy (non-hydrogen) atoms. The van der Waals surface area contributed by atoms with E-state index in [-0.39, 0.29) is 0 Å². The van der Waals surface area contributed by atoms with Crippen LogP contribution in [0.2, 0.25) is 0 Å². The predicted molar refractivity (Wildman–Crippen MR) is 77.8 cm³/mol. The molecule has 0 aliphatic heterocycles. The van der Waals surface area contributed by atoms with Crippen LogP contribution in [0.1, 0.15) is 39.9 Å². The summed E-state index contributed by atoms with van der Waals surface area (Å²) < 4.78 is 0. The molecule has 6 heteroatoms. The van der Waals surface area contributed by atoms with E-state index in [1.807, 2.05) is 13.8 Å². The number of nitrogens with one attached hydrogen (secondary N) is 2. The number of hydrogen-bond acceptors (Lipinski definition) is 6. The molecule has 1 unspecified atom stereocenters. The number of aromatic nitrogens is 2. The molecule has 0 amide bonds. The Morgan fingerprint density at radius 2 is 2.00 bits per heavy atom. The van der Waals surface area contributed by atoms with Gasteiger partial charge in [-0.3, -0.25) is 0 Å². The number of anilines is 2. The molecule has 1 aromatic rings. The van der Waals surface area contributed by atoms with E-state index in [4.69, 9.17) is 5.84 Å². The highest BCUT2D eigenvalue weighted by atomic mass is 16.3. The molecule has 5 N–H and O–H groups in total. The Kier molecular flexibility index (Phi) is 5.50. The van der Waals surface area contributed by atoms with Gasteiger partial charge >= 0.3 is 0 Å². The number of nitrogen functional groups attached to an aromatic ring is 1. The fourth-order valence-corrected chi connectivity index (χ4v) is 2.05. The minimum atomic E-state index is -0.762. The standard InChI is InChI=1S/C13H25N5O/c1-5-10-16-11(6-12(17-10)18-14)15-8-13(4,19)7-9(2)3/h6,9,19H,5,7-8,14H2,1-4H3,(H2,15,16,17,18). The molecule has 6 nitrogen and oxygen atoms in total. The van der Waals surface area contributed by atoms with Crippen molar-refractivity contribution in [1.82, 2.24) is 9.97 Å². The van der Waals surface area contributed by atoms with E-state index in [2.05, 4.69) is 34.6 Å². The second kappa shape index (κ2) is 6.68. The highest BCUT2D eigenvalue weighted by Crippen LogP contribution is 2.18. The van der Waals surface area contributed by atoms with E-state index >= 15 is 0 Å². The lowest BCUT2D eigenvalue weighted by Gasteiger charge is -2.26. The van der Waals surface area contributed by atoms with Crippen molar-refractivity contribution >= 4 is 11.6 Å². The number of nitrogens with two attached hydrogens (primary N) is 1. The average Bonchev–Trinajstić information content (AvgIpc) is 2.34. The van der Waals surface area contributed by atoms with E-state index in [0.717, 1.165) is 12.8 Å². The van der Waals surface area contributed by atoms with Crippen LogP contribution in [0.15, 0.2) is 6.07 Å². The average molecular weight is 267 g/mol. The van der Waals surface area contributed by atoms with E-state index in [9.17, 15) is 5.11 Å². The third-order valence-electron chi connectivity index (χ3n) is 2.73. The molecule has 0 saturated heterocycles. The minimum absolute atomic E-state index is 0.440. The van der Waals surface area contributed by atoms with Gasteiger partial charge in [0.2, 0.25) is 0 Å². The van der Waals surface area contributed by atoms with Gasteiger partial charge in [0.1, 0.15) is 17.5 Å². The molecule has 108 valence electrons. The summed E-state index contributed by atoms with van der Waals surface area (Å²) in [5.74, 6) is 7.76. The Labute approximate surface area is 114 Å². The maximum Gasteiger partial charge on any atom is 0.145 e. The first-order valence-corrected chi connectivity index (χ1v) is 6.67. The lowest BCUT2D eigenvalue weighted by atomic mass is 9.94. The first kappa shape index (κ1) is 15.7. The Morgan fingerprint density at radius 1 is 1.37 bits per heavy atom. The van der Waals surface area contributed by atoms with Crippen molar-refractivity contribution in [2.24, 2.45) is 11.8 Å². The highest BCUT2D eigenvalue weighted by Gasteiger charge is 2.21. The second-order valence-corrected chi connectivity index (χ2v) is 5.50. The van der Waals surface area contributed by atoms with Gasteiger partial charge in [0.15, 0.2) is 0 Å². The van der Waals surface area contributed by atoms with Crippen molar-refractivity contribution in [1.29, 1.82) is 0 Å². The summed E-state index contributed by atoms with van der Waals surface area (Å²) in [6.07, 6.45) is 1.46. The number of nitrogens with zero attached hydrogens (tertiary/aromatic N) is 2. The summed E-state index contributed by atoms with van der Waals surface area (Å²) in [6.45, 7) is 8.42. The topological polar surface area (TPSA) is 96.1 Å². The van der Waals surface area contributed by atoms with Crippen LogP contribution in [-0.2, 0) is 6.42 Å². The second-order valence-electron chi connectivity index (χ2n) is 5.50. The first-order chi connectivity index (χ1) is 8.86. The van der Waals surface area contributed by atoms with Crippen molar-refractivity contribution < 1.29 is 5.11 Å². The summed E-state index contributed by atoms with van der Waals surface area (Å²) in [6, 6.07) is 1.73. The SMILES string of the molecule is CCc1nc(NN)cc(NCC(C)(O)CC(C)C)n1. The summed E-state index contributed by atoms with van der Waals surface area (Å²) in [4.78, 5) is 8.57. The Morgan fingerprint density at radius 3 is 2.53 bits per heavy atom. The third-order valence-corrected chi connectivity index (χ3v) is 2.73. The maximum atomic E-state index is 10.3. The molecule has 0 aromatic carbocycles. The quantitative estimate of drug-likeness (QED) is 0.442. The Balaban J connectivity index is 2.71.